The van der Waals surface area contributed by atoms with E-state index in [1.165, 1.54) is 0 Å². The predicted octanol–water partition coefficient (Wildman–Crippen LogP) is -1.44. The highest BCUT2D eigenvalue weighted by Crippen LogP contribution is 2.40. The summed E-state index contributed by atoms with van der Waals surface area (Å²) in [5, 5.41) is 18.1. The number of ether oxygens (including phenoxy) is 1. The average Bonchev–Trinajstić information content (AvgIpc) is 2.56. The molecule has 0 spiro atoms. The van der Waals surface area contributed by atoms with Crippen LogP contribution in [0.25, 0.3) is 0 Å². The van der Waals surface area contributed by atoms with Gasteiger partial charge in [0.1, 0.15) is 6.10 Å². The number of alkyl halides is 2. The van der Waals surface area contributed by atoms with Crippen molar-refractivity contribution in [1.29, 1.82) is 0 Å². The number of halogens is 3. The number of aromatic amines is 1. The molecule has 10 heteroatoms. The number of nitrogens with zero attached hydrogens (tertiary/aromatic N) is 1. The minimum Gasteiger partial charge on any atom is -0.393 e. The van der Waals surface area contributed by atoms with Gasteiger partial charge in [0, 0.05) is 0 Å². The zero-order valence-corrected chi connectivity index (χ0v) is 9.22. The third-order valence-corrected chi connectivity index (χ3v) is 2.76. The molecule has 106 valence electrons. The van der Waals surface area contributed by atoms with E-state index >= 15 is 0 Å². The number of hydrogen-bond donors (Lipinski definition) is 3. The maximum Gasteiger partial charge on any atom is 0.330 e. The fourth-order valence-corrected chi connectivity index (χ4v) is 1.75. The third kappa shape index (κ3) is 2.07. The van der Waals surface area contributed by atoms with Crippen molar-refractivity contribution in [3.8, 4) is 0 Å². The Morgan fingerprint density at radius 2 is 2.11 bits per heavy atom. The van der Waals surface area contributed by atoms with Crippen molar-refractivity contribution in [3.05, 3.63) is 32.9 Å². The van der Waals surface area contributed by atoms with E-state index in [1.807, 2.05) is 0 Å². The van der Waals surface area contributed by atoms with Gasteiger partial charge < -0.3 is 14.9 Å². The van der Waals surface area contributed by atoms with Crippen molar-refractivity contribution in [2.45, 2.75) is 24.4 Å². The van der Waals surface area contributed by atoms with Gasteiger partial charge in [0.15, 0.2) is 12.3 Å². The maximum atomic E-state index is 13.4. The molecule has 2 heterocycles. The second-order valence-electron chi connectivity index (χ2n) is 3.96. The maximum absolute atomic E-state index is 13.4. The normalized spacial score (nSPS) is 29.6. The quantitative estimate of drug-likeness (QED) is 0.616. The van der Waals surface area contributed by atoms with Crippen LogP contribution in [-0.2, 0) is 4.74 Å². The first-order valence-corrected chi connectivity index (χ1v) is 5.12. The van der Waals surface area contributed by atoms with Gasteiger partial charge in [-0.3, -0.25) is 14.3 Å². The van der Waals surface area contributed by atoms with E-state index in [-0.39, 0.29) is 0 Å². The summed E-state index contributed by atoms with van der Waals surface area (Å²) in [6, 6.07) is 0. The van der Waals surface area contributed by atoms with Crippen LogP contribution in [0.3, 0.4) is 0 Å². The SMILES string of the molecule is O=c1[nH]c(=O)n([C@H]2O[C@@H](CO)C(F)(F)[C@@H]2O)cc1F. The van der Waals surface area contributed by atoms with E-state index < -0.39 is 48.0 Å². The van der Waals surface area contributed by atoms with Gasteiger partial charge in [0.05, 0.1) is 12.8 Å². The van der Waals surface area contributed by atoms with Crippen LogP contribution in [0, 0.1) is 5.82 Å². The monoisotopic (exact) mass is 282 g/mol. The number of aliphatic hydroxyl groups excluding tert-OH is 2. The Labute approximate surface area is 102 Å². The molecule has 0 saturated carbocycles. The number of aliphatic hydroxyl groups is 2. The Morgan fingerprint density at radius 1 is 1.47 bits per heavy atom. The molecule has 1 fully saturated rings. The van der Waals surface area contributed by atoms with Crippen LogP contribution in [0.4, 0.5) is 13.2 Å². The topological polar surface area (TPSA) is 105 Å². The standard InChI is InChI=1S/C9H9F3N2O5/c10-3-1-14(8(18)13-6(3)17)7-5(16)9(11,12)4(2-15)19-7/h1,4-5,7,15-16H,2H2,(H,13,17,18)/t4-,5+,7-/m0/s1. The van der Waals surface area contributed by atoms with E-state index in [4.69, 9.17) is 5.11 Å². The fourth-order valence-electron chi connectivity index (χ4n) is 1.75. The Balaban J connectivity index is 2.47. The summed E-state index contributed by atoms with van der Waals surface area (Å²) in [7, 11) is 0. The average molecular weight is 282 g/mol. The van der Waals surface area contributed by atoms with E-state index in [1.54, 1.807) is 4.98 Å². The second-order valence-corrected chi connectivity index (χ2v) is 3.96. The molecule has 1 aromatic rings. The highest BCUT2D eigenvalue weighted by Gasteiger charge is 2.59. The molecule has 3 atom stereocenters. The van der Waals surface area contributed by atoms with Crippen molar-refractivity contribution in [1.82, 2.24) is 9.55 Å². The number of nitrogens with one attached hydrogen (secondary N) is 1. The van der Waals surface area contributed by atoms with E-state index in [2.05, 4.69) is 4.74 Å². The lowest BCUT2D eigenvalue weighted by atomic mass is 10.1. The number of aromatic nitrogens is 2. The van der Waals surface area contributed by atoms with Gasteiger partial charge in [-0.25, -0.2) is 13.6 Å². The molecule has 1 aliphatic rings. The van der Waals surface area contributed by atoms with Crippen molar-refractivity contribution < 1.29 is 28.1 Å². The van der Waals surface area contributed by atoms with Crippen LogP contribution in [0.2, 0.25) is 0 Å². The molecular weight excluding hydrogens is 273 g/mol. The van der Waals surface area contributed by atoms with E-state index in [0.29, 0.717) is 10.8 Å². The Hall–Kier alpha value is -1.65. The fraction of sp³-hybridized carbons (Fsp3) is 0.556. The predicted molar refractivity (Wildman–Crippen MR) is 53.2 cm³/mol. The number of rotatable bonds is 2. The van der Waals surface area contributed by atoms with E-state index in [0.717, 1.165) is 0 Å². The van der Waals surface area contributed by atoms with Gasteiger partial charge >= 0.3 is 11.6 Å². The molecule has 0 aliphatic carbocycles. The van der Waals surface area contributed by atoms with Crippen molar-refractivity contribution in [3.63, 3.8) is 0 Å². The lowest BCUT2D eigenvalue weighted by molar-refractivity contribution is -0.123. The lowest BCUT2D eigenvalue weighted by Gasteiger charge is -2.18. The minimum atomic E-state index is -3.81. The lowest BCUT2D eigenvalue weighted by Crippen LogP contribution is -2.42. The third-order valence-electron chi connectivity index (χ3n) is 2.76. The van der Waals surface area contributed by atoms with Gasteiger partial charge in [-0.05, 0) is 0 Å². The largest absolute Gasteiger partial charge is 0.393 e. The first-order valence-electron chi connectivity index (χ1n) is 5.12. The second kappa shape index (κ2) is 4.47. The Kier molecular flexibility index (Phi) is 3.24. The zero-order chi connectivity index (χ0) is 14.4. The van der Waals surface area contributed by atoms with Gasteiger partial charge in [0.2, 0.25) is 5.82 Å². The van der Waals surface area contributed by atoms with Crippen LogP contribution in [-0.4, -0.2) is 44.5 Å². The molecule has 1 saturated heterocycles. The first kappa shape index (κ1) is 13.8. The van der Waals surface area contributed by atoms with Crippen LogP contribution in [0.5, 0.6) is 0 Å². The number of H-pyrrole nitrogens is 1. The van der Waals surface area contributed by atoms with Crippen molar-refractivity contribution >= 4 is 0 Å². The van der Waals surface area contributed by atoms with Gasteiger partial charge in [-0.15, -0.1) is 0 Å². The molecule has 1 aromatic heterocycles. The molecule has 0 amide bonds. The highest BCUT2D eigenvalue weighted by atomic mass is 19.3. The van der Waals surface area contributed by atoms with Crippen LogP contribution < -0.4 is 11.2 Å². The van der Waals surface area contributed by atoms with Crippen LogP contribution >= 0.6 is 0 Å². The molecule has 0 unspecified atom stereocenters. The van der Waals surface area contributed by atoms with Crippen molar-refractivity contribution in [2.75, 3.05) is 6.61 Å². The molecule has 3 N–H and O–H groups in total. The molecule has 0 bridgehead atoms. The zero-order valence-electron chi connectivity index (χ0n) is 9.22. The number of hydrogen-bond acceptors (Lipinski definition) is 5. The smallest absolute Gasteiger partial charge is 0.330 e. The molecule has 2 rings (SSSR count). The molecular formula is C9H9F3N2O5. The van der Waals surface area contributed by atoms with Crippen molar-refractivity contribution in [2.24, 2.45) is 0 Å². The molecule has 7 nitrogen and oxygen atoms in total. The first-order chi connectivity index (χ1) is 8.78. The molecule has 19 heavy (non-hydrogen) atoms. The van der Waals surface area contributed by atoms with Gasteiger partial charge in [-0.1, -0.05) is 0 Å². The van der Waals surface area contributed by atoms with E-state index in [9.17, 15) is 27.9 Å². The van der Waals surface area contributed by atoms with Crippen LogP contribution in [0.15, 0.2) is 15.8 Å². The Bertz CT molecular complexity index is 598. The molecule has 0 radical (unpaired) electrons. The van der Waals surface area contributed by atoms with Gasteiger partial charge in [0.25, 0.3) is 5.56 Å². The highest BCUT2D eigenvalue weighted by molar-refractivity contribution is 4.98. The molecule has 1 aliphatic heterocycles. The summed E-state index contributed by atoms with van der Waals surface area (Å²) in [6.45, 7) is -1.10. The molecule has 0 aromatic carbocycles. The summed E-state index contributed by atoms with van der Waals surface area (Å²) >= 11 is 0. The summed E-state index contributed by atoms with van der Waals surface area (Å²) in [5.74, 6) is -5.21. The van der Waals surface area contributed by atoms with Crippen LogP contribution in [0.1, 0.15) is 6.23 Å². The summed E-state index contributed by atoms with van der Waals surface area (Å²) in [5.41, 5.74) is -2.54. The minimum absolute atomic E-state index is 0.297. The summed E-state index contributed by atoms with van der Waals surface area (Å²) < 4.78 is 44.8. The summed E-state index contributed by atoms with van der Waals surface area (Å²) in [6.07, 6.45) is -6.06. The Morgan fingerprint density at radius 3 is 2.63 bits per heavy atom. The van der Waals surface area contributed by atoms with Gasteiger partial charge in [-0.2, -0.15) is 4.39 Å². The summed E-state index contributed by atoms with van der Waals surface area (Å²) in [4.78, 5) is 23.7.